The lowest BCUT2D eigenvalue weighted by molar-refractivity contribution is 0.204. The predicted molar refractivity (Wildman–Crippen MR) is 38.5 cm³/mol. The van der Waals surface area contributed by atoms with E-state index in [2.05, 4.69) is 5.92 Å². The van der Waals surface area contributed by atoms with E-state index in [1.54, 1.807) is 14.1 Å². The molecule has 1 aliphatic rings. The van der Waals surface area contributed by atoms with Crippen LogP contribution in [0.2, 0.25) is 0 Å². The van der Waals surface area contributed by atoms with Crippen LogP contribution in [-0.4, -0.2) is 42.5 Å². The molecule has 0 aromatic rings. The minimum Gasteiger partial charge on any atom is -0.325 e. The van der Waals surface area contributed by atoms with Gasteiger partial charge in [0, 0.05) is 14.1 Å². The first-order chi connectivity index (χ1) is 5.16. The summed E-state index contributed by atoms with van der Waals surface area (Å²) in [5, 5.41) is 0. The molecule has 1 aliphatic heterocycles. The highest BCUT2D eigenvalue weighted by atomic mass is 19.1. The zero-order valence-corrected chi connectivity index (χ0v) is 6.47. The van der Waals surface area contributed by atoms with Crippen LogP contribution in [0.25, 0.3) is 0 Å². The molecule has 1 rings (SSSR count). The molecule has 1 fully saturated rings. The number of nitrogens with zero attached hydrogens (tertiary/aromatic N) is 2. The van der Waals surface area contributed by atoms with Gasteiger partial charge in [-0.25, -0.2) is 4.79 Å². The van der Waals surface area contributed by atoms with Gasteiger partial charge in [0.05, 0.1) is 6.54 Å². The monoisotopic (exact) mass is 156 g/mol. The Morgan fingerprint density at radius 2 is 2.27 bits per heavy atom. The molecule has 0 bridgehead atoms. The van der Waals surface area contributed by atoms with Crippen LogP contribution in [0, 0.1) is 12.1 Å². The first-order valence-electron chi connectivity index (χ1n) is 3.26. The molecule has 2 amide bonds. The number of urea groups is 1. The van der Waals surface area contributed by atoms with Crippen LogP contribution in [0.1, 0.15) is 0 Å². The molecular weight excluding hydrogens is 147 g/mol. The fraction of sp³-hybridized carbons (Fsp3) is 0.571. The van der Waals surface area contributed by atoms with Gasteiger partial charge in [0.15, 0.2) is 0 Å². The van der Waals surface area contributed by atoms with Crippen molar-refractivity contribution in [2.24, 2.45) is 0 Å². The van der Waals surface area contributed by atoms with Crippen molar-refractivity contribution in [2.75, 3.05) is 20.6 Å². The summed E-state index contributed by atoms with van der Waals surface area (Å²) >= 11 is 0. The molecule has 0 saturated carbocycles. The van der Waals surface area contributed by atoms with E-state index in [1.807, 2.05) is 0 Å². The summed E-state index contributed by atoms with van der Waals surface area (Å²) in [5.41, 5.74) is 0. The van der Waals surface area contributed by atoms with Gasteiger partial charge in [-0.3, -0.25) is 0 Å². The highest BCUT2D eigenvalue weighted by Crippen LogP contribution is 2.10. The maximum Gasteiger partial charge on any atom is 0.320 e. The summed E-state index contributed by atoms with van der Waals surface area (Å²) in [6.07, 6.45) is 1.31. The SMILES string of the molecule is CN1CC(C#CF)N(C)C1=O. The van der Waals surface area contributed by atoms with E-state index in [0.717, 1.165) is 0 Å². The van der Waals surface area contributed by atoms with Crippen LogP contribution >= 0.6 is 0 Å². The van der Waals surface area contributed by atoms with Gasteiger partial charge in [-0.1, -0.05) is 0 Å². The van der Waals surface area contributed by atoms with E-state index in [1.165, 1.54) is 16.0 Å². The quantitative estimate of drug-likeness (QED) is 0.462. The molecule has 0 spiro atoms. The van der Waals surface area contributed by atoms with Crippen molar-refractivity contribution in [2.45, 2.75) is 6.04 Å². The highest BCUT2D eigenvalue weighted by molar-refractivity contribution is 5.77. The second kappa shape index (κ2) is 2.79. The fourth-order valence-electron chi connectivity index (χ4n) is 1.07. The van der Waals surface area contributed by atoms with Crippen molar-refractivity contribution in [1.29, 1.82) is 0 Å². The van der Waals surface area contributed by atoms with Gasteiger partial charge in [-0.2, -0.15) is 0 Å². The average Bonchev–Trinajstić information content (AvgIpc) is 2.19. The molecule has 60 valence electrons. The van der Waals surface area contributed by atoms with E-state index in [0.29, 0.717) is 6.54 Å². The minimum absolute atomic E-state index is 0.113. The normalized spacial score (nSPS) is 23.5. The molecule has 1 saturated heterocycles. The maximum absolute atomic E-state index is 11.6. The number of hydrogen-bond acceptors (Lipinski definition) is 1. The van der Waals surface area contributed by atoms with E-state index in [4.69, 9.17) is 0 Å². The number of carbonyl (C=O) groups is 1. The Balaban J connectivity index is 2.72. The molecule has 0 aromatic carbocycles. The van der Waals surface area contributed by atoms with E-state index >= 15 is 0 Å². The average molecular weight is 156 g/mol. The maximum atomic E-state index is 11.6. The van der Waals surface area contributed by atoms with E-state index < -0.39 is 0 Å². The molecular formula is C7H9FN2O. The van der Waals surface area contributed by atoms with Gasteiger partial charge in [0.1, 0.15) is 12.2 Å². The topological polar surface area (TPSA) is 23.6 Å². The summed E-state index contributed by atoms with van der Waals surface area (Å²) in [7, 11) is 3.28. The highest BCUT2D eigenvalue weighted by Gasteiger charge is 2.30. The number of carbonyl (C=O) groups excluding carboxylic acids is 1. The molecule has 1 unspecified atom stereocenters. The number of halogens is 1. The molecule has 4 heteroatoms. The summed E-state index contributed by atoms with van der Waals surface area (Å²) in [4.78, 5) is 14.0. The lowest BCUT2D eigenvalue weighted by atomic mass is 10.3. The third kappa shape index (κ3) is 1.27. The largest absolute Gasteiger partial charge is 0.325 e. The van der Waals surface area contributed by atoms with E-state index in [9.17, 15) is 9.18 Å². The summed E-state index contributed by atoms with van der Waals surface area (Å²) in [5.74, 6) is 2.30. The van der Waals surface area contributed by atoms with Gasteiger partial charge in [0.25, 0.3) is 0 Å². The number of rotatable bonds is 0. The Morgan fingerprint density at radius 1 is 1.64 bits per heavy atom. The molecule has 11 heavy (non-hydrogen) atoms. The second-order valence-electron chi connectivity index (χ2n) is 2.53. The van der Waals surface area contributed by atoms with Crippen LogP contribution in [0.4, 0.5) is 9.18 Å². The van der Waals surface area contributed by atoms with Gasteiger partial charge in [-0.05, 0) is 5.92 Å². The second-order valence-corrected chi connectivity index (χ2v) is 2.53. The standard InChI is InChI=1S/C7H9FN2O/c1-9-5-6(3-4-8)10(2)7(9)11/h6H,5H2,1-2H3. The number of hydrogen-bond donors (Lipinski definition) is 0. The first kappa shape index (κ1) is 7.86. The zero-order valence-electron chi connectivity index (χ0n) is 6.47. The lowest BCUT2D eigenvalue weighted by Crippen LogP contribution is -2.29. The van der Waals surface area contributed by atoms with Crippen molar-refractivity contribution >= 4 is 6.03 Å². The molecule has 0 radical (unpaired) electrons. The van der Waals surface area contributed by atoms with Crippen molar-refractivity contribution in [3.05, 3.63) is 0 Å². The molecule has 0 N–H and O–H groups in total. The predicted octanol–water partition coefficient (Wildman–Crippen LogP) is 0.283. The van der Waals surface area contributed by atoms with Gasteiger partial charge < -0.3 is 9.80 Å². The zero-order chi connectivity index (χ0) is 8.43. The van der Waals surface area contributed by atoms with Crippen LogP contribution in [0.5, 0.6) is 0 Å². The van der Waals surface area contributed by atoms with Crippen molar-refractivity contribution in [3.8, 4) is 12.1 Å². The van der Waals surface area contributed by atoms with Crippen LogP contribution in [-0.2, 0) is 0 Å². The molecule has 3 nitrogen and oxygen atoms in total. The lowest BCUT2D eigenvalue weighted by Gasteiger charge is -2.10. The summed E-state index contributed by atoms with van der Waals surface area (Å²) < 4.78 is 11.6. The van der Waals surface area contributed by atoms with Gasteiger partial charge in [-0.15, -0.1) is 4.39 Å². The Morgan fingerprint density at radius 3 is 2.64 bits per heavy atom. The molecule has 1 heterocycles. The third-order valence-electron chi connectivity index (χ3n) is 1.76. The Labute approximate surface area is 64.8 Å². The molecule has 0 aliphatic carbocycles. The first-order valence-corrected chi connectivity index (χ1v) is 3.26. The van der Waals surface area contributed by atoms with Crippen LogP contribution in [0.15, 0.2) is 0 Å². The van der Waals surface area contributed by atoms with Crippen LogP contribution < -0.4 is 0 Å². The summed E-state index contributed by atoms with van der Waals surface area (Å²) in [6, 6.07) is -0.407. The van der Waals surface area contributed by atoms with Crippen molar-refractivity contribution < 1.29 is 9.18 Å². The minimum atomic E-state index is -0.294. The van der Waals surface area contributed by atoms with Crippen molar-refractivity contribution in [1.82, 2.24) is 9.80 Å². The smallest absolute Gasteiger partial charge is 0.320 e. The van der Waals surface area contributed by atoms with E-state index in [-0.39, 0.29) is 12.1 Å². The Bertz CT molecular complexity index is 230. The van der Waals surface area contributed by atoms with Gasteiger partial charge >= 0.3 is 6.03 Å². The van der Waals surface area contributed by atoms with Crippen LogP contribution in [0.3, 0.4) is 0 Å². The Kier molecular flexibility index (Phi) is 1.99. The molecule has 0 aromatic heterocycles. The Hall–Kier alpha value is -1.24. The number of amides is 2. The third-order valence-corrected chi connectivity index (χ3v) is 1.76. The van der Waals surface area contributed by atoms with Crippen molar-refractivity contribution in [3.63, 3.8) is 0 Å². The number of likely N-dealkylation sites (N-methyl/N-ethyl adjacent to an activating group) is 2. The fourth-order valence-corrected chi connectivity index (χ4v) is 1.07. The molecule has 1 atom stereocenters. The summed E-state index contributed by atoms with van der Waals surface area (Å²) in [6.45, 7) is 0.478. The van der Waals surface area contributed by atoms with Gasteiger partial charge in [0.2, 0.25) is 0 Å².